The van der Waals surface area contributed by atoms with Crippen molar-refractivity contribution < 1.29 is 0 Å². The minimum Gasteiger partial charge on any atom is -0.359 e. The maximum absolute atomic E-state index is 9.04. The molecule has 1 heterocycles. The van der Waals surface area contributed by atoms with Crippen LogP contribution in [0.15, 0.2) is 53.2 Å². The Hall–Kier alpha value is -2.90. The Morgan fingerprint density at radius 2 is 1.96 bits per heavy atom. The number of aliphatic imine (C=N–C) groups is 1. The topological polar surface area (TPSA) is 48.2 Å². The molecule has 1 N–H and O–H groups in total. The summed E-state index contributed by atoms with van der Waals surface area (Å²) >= 11 is 1.83. The zero-order valence-electron chi connectivity index (χ0n) is 15.4. The van der Waals surface area contributed by atoms with Gasteiger partial charge in [-0.05, 0) is 80.6 Å². The summed E-state index contributed by atoms with van der Waals surface area (Å²) < 4.78 is 1.31. The zero-order chi connectivity index (χ0) is 18.7. The molecule has 0 fully saturated rings. The van der Waals surface area contributed by atoms with Crippen molar-refractivity contribution in [1.29, 1.82) is 5.26 Å². The fourth-order valence-corrected chi connectivity index (χ4v) is 3.78. The highest BCUT2D eigenvalue weighted by molar-refractivity contribution is 7.19. The summed E-state index contributed by atoms with van der Waals surface area (Å²) in [6, 6.07) is 14.1. The van der Waals surface area contributed by atoms with E-state index in [0.717, 1.165) is 22.6 Å². The first-order chi connectivity index (χ1) is 12.5. The second kappa shape index (κ2) is 7.55. The van der Waals surface area contributed by atoms with Crippen molar-refractivity contribution in [2.75, 3.05) is 5.32 Å². The molecule has 3 aromatic rings. The van der Waals surface area contributed by atoms with Gasteiger partial charge < -0.3 is 5.32 Å². The molecule has 0 aliphatic carbocycles. The van der Waals surface area contributed by atoms with Crippen molar-refractivity contribution in [3.8, 4) is 6.07 Å². The summed E-state index contributed by atoms with van der Waals surface area (Å²) in [6.07, 6.45) is 3.75. The molecule has 0 aliphatic heterocycles. The van der Waals surface area contributed by atoms with Crippen LogP contribution in [0.1, 0.15) is 28.5 Å². The standard InChI is InChI=1S/C22H21N3S/c1-14-5-6-18(13-23)11-21(14)25-15(2)9-10-24-19-7-8-22-20(12-19)16(3)17(4)26-22/h5-12,25H,1-4H3/b15-9+,24-10-. The van der Waals surface area contributed by atoms with Gasteiger partial charge >= 0.3 is 0 Å². The van der Waals surface area contributed by atoms with Crippen LogP contribution in [0.25, 0.3) is 10.1 Å². The van der Waals surface area contributed by atoms with Crippen molar-refractivity contribution in [2.45, 2.75) is 27.7 Å². The van der Waals surface area contributed by atoms with Crippen molar-refractivity contribution in [1.82, 2.24) is 0 Å². The second-order valence-electron chi connectivity index (χ2n) is 6.36. The van der Waals surface area contributed by atoms with Gasteiger partial charge in [0.25, 0.3) is 0 Å². The number of benzene rings is 2. The molecule has 1 aromatic heterocycles. The van der Waals surface area contributed by atoms with Gasteiger partial charge in [0.2, 0.25) is 0 Å². The molecule has 0 spiro atoms. The number of nitriles is 1. The molecular weight excluding hydrogens is 338 g/mol. The number of hydrogen-bond acceptors (Lipinski definition) is 4. The van der Waals surface area contributed by atoms with E-state index in [1.54, 1.807) is 0 Å². The Morgan fingerprint density at radius 3 is 2.73 bits per heavy atom. The molecule has 0 bridgehead atoms. The van der Waals surface area contributed by atoms with Crippen LogP contribution >= 0.6 is 11.3 Å². The van der Waals surface area contributed by atoms with Gasteiger partial charge in [-0.2, -0.15) is 5.26 Å². The summed E-state index contributed by atoms with van der Waals surface area (Å²) in [4.78, 5) is 5.91. The van der Waals surface area contributed by atoms with Crippen molar-refractivity contribution >= 4 is 39.0 Å². The third kappa shape index (κ3) is 3.84. The number of rotatable bonds is 4. The Labute approximate surface area is 158 Å². The van der Waals surface area contributed by atoms with Crippen LogP contribution in [0, 0.1) is 32.1 Å². The van der Waals surface area contributed by atoms with Crippen LogP contribution in [0.5, 0.6) is 0 Å². The van der Waals surface area contributed by atoms with Gasteiger partial charge in [0, 0.05) is 27.2 Å². The average molecular weight is 359 g/mol. The molecule has 0 saturated heterocycles. The van der Waals surface area contributed by atoms with Crippen LogP contribution in [0.3, 0.4) is 0 Å². The van der Waals surface area contributed by atoms with Crippen molar-refractivity contribution in [2.24, 2.45) is 4.99 Å². The molecule has 3 nitrogen and oxygen atoms in total. The SMILES string of the molecule is C/C(=C\C=N/c1ccc2sc(C)c(C)c2c1)Nc1cc(C#N)ccc1C. The van der Waals surface area contributed by atoms with Gasteiger partial charge in [0.05, 0.1) is 17.3 Å². The summed E-state index contributed by atoms with van der Waals surface area (Å²) in [7, 11) is 0. The van der Waals surface area contributed by atoms with E-state index in [-0.39, 0.29) is 0 Å². The normalized spacial score (nSPS) is 11.9. The first-order valence-corrected chi connectivity index (χ1v) is 9.28. The molecule has 0 aliphatic rings. The number of allylic oxidation sites excluding steroid dienone is 2. The van der Waals surface area contributed by atoms with E-state index in [1.807, 2.05) is 61.7 Å². The molecule has 0 atom stereocenters. The molecule has 0 saturated carbocycles. The Bertz CT molecular complexity index is 1060. The molecule has 2 aromatic carbocycles. The smallest absolute Gasteiger partial charge is 0.0992 e. The third-order valence-electron chi connectivity index (χ3n) is 4.40. The van der Waals surface area contributed by atoms with Crippen molar-refractivity contribution in [3.63, 3.8) is 0 Å². The maximum Gasteiger partial charge on any atom is 0.0992 e. The number of nitrogens with zero attached hydrogens (tertiary/aromatic N) is 2. The van der Waals surface area contributed by atoms with E-state index in [1.165, 1.54) is 20.5 Å². The lowest BCUT2D eigenvalue weighted by atomic mass is 10.1. The molecule has 3 rings (SSSR count). The predicted octanol–water partition coefficient (Wildman–Crippen LogP) is 6.42. The first-order valence-electron chi connectivity index (χ1n) is 8.46. The van der Waals surface area contributed by atoms with Gasteiger partial charge in [0.15, 0.2) is 0 Å². The summed E-state index contributed by atoms with van der Waals surface area (Å²) in [5.41, 5.74) is 5.94. The van der Waals surface area contributed by atoms with Gasteiger partial charge in [-0.25, -0.2) is 0 Å². The highest BCUT2D eigenvalue weighted by Gasteiger charge is 2.05. The van der Waals surface area contributed by atoms with Crippen LogP contribution < -0.4 is 5.32 Å². The van der Waals surface area contributed by atoms with Crippen LogP contribution in [0.4, 0.5) is 11.4 Å². The Balaban J connectivity index is 1.76. The van der Waals surface area contributed by atoms with Crippen LogP contribution in [-0.4, -0.2) is 6.21 Å². The average Bonchev–Trinajstić information content (AvgIpc) is 2.91. The molecule has 0 unspecified atom stereocenters. The van der Waals surface area contributed by atoms with E-state index in [9.17, 15) is 0 Å². The number of fused-ring (bicyclic) bond motifs is 1. The predicted molar refractivity (Wildman–Crippen MR) is 113 cm³/mol. The van der Waals surface area contributed by atoms with Gasteiger partial charge in [-0.1, -0.05) is 6.07 Å². The number of nitrogens with one attached hydrogen (secondary N) is 1. The molecule has 26 heavy (non-hydrogen) atoms. The lowest BCUT2D eigenvalue weighted by Gasteiger charge is -2.09. The Kier molecular flexibility index (Phi) is 5.20. The minimum absolute atomic E-state index is 0.647. The fraction of sp³-hybridized carbons (Fsp3) is 0.182. The summed E-state index contributed by atoms with van der Waals surface area (Å²) in [6.45, 7) is 8.32. The lowest BCUT2D eigenvalue weighted by Crippen LogP contribution is -1.98. The summed E-state index contributed by atoms with van der Waals surface area (Å²) in [5, 5.41) is 13.7. The molecule has 0 amide bonds. The van der Waals surface area contributed by atoms with E-state index in [2.05, 4.69) is 42.4 Å². The number of thiophene rings is 1. The van der Waals surface area contributed by atoms with Gasteiger partial charge in [-0.15, -0.1) is 11.3 Å². The number of hydrogen-bond donors (Lipinski definition) is 1. The monoisotopic (exact) mass is 359 g/mol. The molecule has 130 valence electrons. The highest BCUT2D eigenvalue weighted by Crippen LogP contribution is 2.32. The lowest BCUT2D eigenvalue weighted by molar-refractivity contribution is 1.33. The fourth-order valence-electron chi connectivity index (χ4n) is 2.73. The third-order valence-corrected chi connectivity index (χ3v) is 5.59. The second-order valence-corrected chi connectivity index (χ2v) is 7.61. The van der Waals surface area contributed by atoms with Gasteiger partial charge in [-0.3, -0.25) is 4.99 Å². The van der Waals surface area contributed by atoms with E-state index < -0.39 is 0 Å². The van der Waals surface area contributed by atoms with E-state index in [4.69, 9.17) is 5.26 Å². The van der Waals surface area contributed by atoms with Crippen molar-refractivity contribution in [3.05, 3.63) is 69.7 Å². The molecule has 4 heteroatoms. The highest BCUT2D eigenvalue weighted by atomic mass is 32.1. The maximum atomic E-state index is 9.04. The first kappa shape index (κ1) is 17.9. The quantitative estimate of drug-likeness (QED) is 0.547. The number of anilines is 1. The number of aryl methyl sites for hydroxylation is 3. The molecule has 0 radical (unpaired) electrons. The Morgan fingerprint density at radius 1 is 1.15 bits per heavy atom. The zero-order valence-corrected chi connectivity index (χ0v) is 16.2. The van der Waals surface area contributed by atoms with Crippen LogP contribution in [-0.2, 0) is 0 Å². The van der Waals surface area contributed by atoms with Crippen LogP contribution in [0.2, 0.25) is 0 Å². The van der Waals surface area contributed by atoms with E-state index >= 15 is 0 Å². The molecular formula is C22H21N3S. The van der Waals surface area contributed by atoms with E-state index in [0.29, 0.717) is 5.56 Å². The largest absolute Gasteiger partial charge is 0.359 e. The van der Waals surface area contributed by atoms with Gasteiger partial charge in [0.1, 0.15) is 0 Å². The minimum atomic E-state index is 0.647. The summed E-state index contributed by atoms with van der Waals surface area (Å²) in [5.74, 6) is 0.